The van der Waals surface area contributed by atoms with Gasteiger partial charge in [-0.25, -0.2) is 0 Å². The second kappa shape index (κ2) is 7.64. The van der Waals surface area contributed by atoms with Crippen molar-refractivity contribution in [3.63, 3.8) is 0 Å². The van der Waals surface area contributed by atoms with Crippen LogP contribution in [0.4, 0.5) is 0 Å². The molecule has 1 aromatic heterocycles. The molecule has 4 aromatic rings. The smallest absolute Gasteiger partial charge is 0.231 e. The van der Waals surface area contributed by atoms with E-state index < -0.39 is 0 Å². The molecule has 0 bridgehead atoms. The Morgan fingerprint density at radius 3 is 2.65 bits per heavy atom. The maximum Gasteiger partial charge on any atom is 0.231 e. The number of hydrogen-bond acceptors (Lipinski definition) is 3. The van der Waals surface area contributed by atoms with Crippen molar-refractivity contribution in [1.82, 2.24) is 4.57 Å². The van der Waals surface area contributed by atoms with Crippen LogP contribution in [0.15, 0.2) is 72.6 Å². The van der Waals surface area contributed by atoms with Gasteiger partial charge in [0.15, 0.2) is 5.76 Å². The first kappa shape index (κ1) is 19.5. The molecule has 0 aliphatic carbocycles. The van der Waals surface area contributed by atoms with Crippen LogP contribution in [0.5, 0.6) is 11.5 Å². The summed E-state index contributed by atoms with van der Waals surface area (Å²) in [5, 5.41) is 1.77. The molecular formula is C26H20ClNO3. The SMILES string of the molecule is Cc1c(OCc2ccc(Cl)cc2)ccc2c1O/C(=C\c1cn(C)c3ccccc13)C2=O. The van der Waals surface area contributed by atoms with E-state index in [0.29, 0.717) is 34.5 Å². The third-order valence-electron chi connectivity index (χ3n) is 5.56. The van der Waals surface area contributed by atoms with Crippen molar-refractivity contribution >= 4 is 34.4 Å². The fraction of sp³-hybridized carbons (Fsp3) is 0.115. The number of benzene rings is 3. The van der Waals surface area contributed by atoms with Gasteiger partial charge in [-0.1, -0.05) is 41.9 Å². The predicted molar refractivity (Wildman–Crippen MR) is 123 cm³/mol. The molecule has 31 heavy (non-hydrogen) atoms. The summed E-state index contributed by atoms with van der Waals surface area (Å²) >= 11 is 5.94. The lowest BCUT2D eigenvalue weighted by atomic mass is 10.1. The third kappa shape index (κ3) is 3.49. The van der Waals surface area contributed by atoms with Crippen LogP contribution in [-0.2, 0) is 13.7 Å². The maximum atomic E-state index is 13.0. The minimum atomic E-state index is -0.115. The van der Waals surface area contributed by atoms with Gasteiger partial charge in [-0.05, 0) is 48.9 Å². The van der Waals surface area contributed by atoms with Crippen molar-refractivity contribution in [3.05, 3.63) is 99.9 Å². The average Bonchev–Trinajstić information content (AvgIpc) is 3.27. The molecule has 0 saturated heterocycles. The molecule has 0 amide bonds. The lowest BCUT2D eigenvalue weighted by molar-refractivity contribution is 0.101. The van der Waals surface area contributed by atoms with Crippen molar-refractivity contribution in [3.8, 4) is 11.5 Å². The zero-order valence-electron chi connectivity index (χ0n) is 17.2. The van der Waals surface area contributed by atoms with Crippen molar-refractivity contribution in [2.45, 2.75) is 13.5 Å². The Labute approximate surface area is 185 Å². The average molecular weight is 430 g/mol. The number of ether oxygens (including phenoxy) is 2. The summed E-state index contributed by atoms with van der Waals surface area (Å²) in [4.78, 5) is 13.0. The topological polar surface area (TPSA) is 40.5 Å². The summed E-state index contributed by atoms with van der Waals surface area (Å²) in [5.41, 5.74) is 4.43. The second-order valence-corrected chi connectivity index (χ2v) is 8.07. The molecule has 5 rings (SSSR count). The molecule has 4 nitrogen and oxygen atoms in total. The predicted octanol–water partition coefficient (Wildman–Crippen LogP) is 6.34. The van der Waals surface area contributed by atoms with E-state index in [9.17, 15) is 4.79 Å². The van der Waals surface area contributed by atoms with Crippen molar-refractivity contribution in [1.29, 1.82) is 0 Å². The highest BCUT2D eigenvalue weighted by molar-refractivity contribution is 6.30. The second-order valence-electron chi connectivity index (χ2n) is 7.63. The molecule has 3 aromatic carbocycles. The van der Waals surface area contributed by atoms with Gasteiger partial charge in [-0.15, -0.1) is 0 Å². The van der Waals surface area contributed by atoms with Crippen molar-refractivity contribution in [2.75, 3.05) is 0 Å². The number of fused-ring (bicyclic) bond motifs is 2. The zero-order chi connectivity index (χ0) is 21.5. The van der Waals surface area contributed by atoms with Crippen LogP contribution in [0.25, 0.3) is 17.0 Å². The van der Waals surface area contributed by atoms with E-state index in [1.165, 1.54) is 0 Å². The maximum absolute atomic E-state index is 13.0. The fourth-order valence-electron chi connectivity index (χ4n) is 3.90. The Hall–Kier alpha value is -3.50. The van der Waals surface area contributed by atoms with E-state index in [1.807, 2.05) is 79.3 Å². The Bertz CT molecular complexity index is 1350. The molecule has 0 atom stereocenters. The standard InChI is InChI=1S/C26H20ClNO3/c1-16-23(30-15-17-7-9-19(27)10-8-17)12-11-21-25(29)24(31-26(16)21)13-18-14-28(2)22-6-4-3-5-20(18)22/h3-14H,15H2,1-2H3/b24-13-. The zero-order valence-corrected chi connectivity index (χ0v) is 17.9. The summed E-state index contributed by atoms with van der Waals surface area (Å²) in [5.74, 6) is 1.46. The normalized spacial score (nSPS) is 14.2. The monoisotopic (exact) mass is 429 g/mol. The number of para-hydroxylation sites is 1. The summed E-state index contributed by atoms with van der Waals surface area (Å²) in [6.45, 7) is 2.31. The van der Waals surface area contributed by atoms with Crippen LogP contribution in [-0.4, -0.2) is 10.4 Å². The highest BCUT2D eigenvalue weighted by atomic mass is 35.5. The summed E-state index contributed by atoms with van der Waals surface area (Å²) < 4.78 is 14.0. The molecule has 5 heteroatoms. The highest BCUT2D eigenvalue weighted by Gasteiger charge is 2.30. The van der Waals surface area contributed by atoms with Crippen LogP contribution < -0.4 is 9.47 Å². The van der Waals surface area contributed by atoms with E-state index in [-0.39, 0.29) is 5.78 Å². The quantitative estimate of drug-likeness (QED) is 0.355. The molecule has 1 aliphatic rings. The number of rotatable bonds is 4. The van der Waals surface area contributed by atoms with Gasteiger partial charge in [-0.3, -0.25) is 4.79 Å². The van der Waals surface area contributed by atoms with Crippen LogP contribution in [0, 0.1) is 6.92 Å². The van der Waals surface area contributed by atoms with Crippen LogP contribution in [0.1, 0.15) is 27.0 Å². The Morgan fingerprint density at radius 2 is 1.84 bits per heavy atom. The van der Waals surface area contributed by atoms with Crippen LogP contribution in [0.2, 0.25) is 5.02 Å². The lowest BCUT2D eigenvalue weighted by Gasteiger charge is -2.11. The van der Waals surface area contributed by atoms with Gasteiger partial charge in [0.05, 0.1) is 5.56 Å². The van der Waals surface area contributed by atoms with Gasteiger partial charge in [-0.2, -0.15) is 0 Å². The molecule has 0 spiro atoms. The van der Waals surface area contributed by atoms with Gasteiger partial charge >= 0.3 is 0 Å². The van der Waals surface area contributed by atoms with Gasteiger partial charge < -0.3 is 14.0 Å². The minimum Gasteiger partial charge on any atom is -0.488 e. The summed E-state index contributed by atoms with van der Waals surface area (Å²) in [6.07, 6.45) is 3.82. The number of nitrogens with zero attached hydrogens (tertiary/aromatic N) is 1. The molecule has 154 valence electrons. The largest absolute Gasteiger partial charge is 0.488 e. The fourth-order valence-corrected chi connectivity index (χ4v) is 4.02. The molecule has 0 radical (unpaired) electrons. The molecule has 2 heterocycles. The number of carbonyl (C=O) groups is 1. The Kier molecular flexibility index (Phi) is 4.79. The molecule has 0 unspecified atom stereocenters. The number of halogens is 1. The van der Waals surface area contributed by atoms with E-state index in [0.717, 1.165) is 27.6 Å². The van der Waals surface area contributed by atoms with Crippen LogP contribution in [0.3, 0.4) is 0 Å². The first-order chi connectivity index (χ1) is 15.0. The molecule has 0 saturated carbocycles. The number of aryl methyl sites for hydroxylation is 1. The van der Waals surface area contributed by atoms with Gasteiger partial charge in [0, 0.05) is 40.3 Å². The van der Waals surface area contributed by atoms with E-state index >= 15 is 0 Å². The highest BCUT2D eigenvalue weighted by Crippen LogP contribution is 2.40. The minimum absolute atomic E-state index is 0.115. The number of carbonyl (C=O) groups excluding carboxylic acids is 1. The van der Waals surface area contributed by atoms with Gasteiger partial charge in [0.25, 0.3) is 0 Å². The van der Waals surface area contributed by atoms with E-state index in [2.05, 4.69) is 6.07 Å². The van der Waals surface area contributed by atoms with Crippen molar-refractivity contribution in [2.24, 2.45) is 7.05 Å². The van der Waals surface area contributed by atoms with Gasteiger partial charge in [0.2, 0.25) is 5.78 Å². The summed E-state index contributed by atoms with van der Waals surface area (Å²) in [6, 6.07) is 19.2. The lowest BCUT2D eigenvalue weighted by Crippen LogP contribution is -1.98. The first-order valence-corrected chi connectivity index (χ1v) is 10.4. The van der Waals surface area contributed by atoms with Gasteiger partial charge in [0.1, 0.15) is 18.1 Å². The molecule has 0 N–H and O–H groups in total. The number of aromatic nitrogens is 1. The molecule has 1 aliphatic heterocycles. The Balaban J connectivity index is 1.43. The Morgan fingerprint density at radius 1 is 1.06 bits per heavy atom. The first-order valence-electron chi connectivity index (χ1n) is 10.0. The van der Waals surface area contributed by atoms with E-state index in [1.54, 1.807) is 6.07 Å². The molecular weight excluding hydrogens is 410 g/mol. The number of hydrogen-bond donors (Lipinski definition) is 0. The number of allylic oxidation sites excluding steroid dienone is 1. The van der Waals surface area contributed by atoms with Crippen molar-refractivity contribution < 1.29 is 14.3 Å². The third-order valence-corrected chi connectivity index (χ3v) is 5.81. The van der Waals surface area contributed by atoms with Crippen LogP contribution >= 0.6 is 11.6 Å². The number of Topliss-reactive ketones (excluding diaryl/α,β-unsaturated/α-hetero) is 1. The summed E-state index contributed by atoms with van der Waals surface area (Å²) in [7, 11) is 1.99. The molecule has 0 fully saturated rings. The van der Waals surface area contributed by atoms with E-state index in [4.69, 9.17) is 21.1 Å². The number of ketones is 1.